The Bertz CT molecular complexity index is 193. The van der Waals surface area contributed by atoms with E-state index in [-0.39, 0.29) is 5.92 Å². The van der Waals surface area contributed by atoms with E-state index in [1.165, 1.54) is 0 Å². The van der Waals surface area contributed by atoms with Crippen molar-refractivity contribution in [2.24, 2.45) is 5.92 Å². The van der Waals surface area contributed by atoms with Gasteiger partial charge in [-0.1, -0.05) is 40.0 Å². The fourth-order valence-electron chi connectivity index (χ4n) is 1.86. The Balaban J connectivity index is 4.03. The average Bonchev–Trinajstić information content (AvgIpc) is 2.25. The molecule has 0 spiro atoms. The maximum atomic E-state index is 10.9. The van der Waals surface area contributed by atoms with Crippen LogP contribution in [0.25, 0.3) is 0 Å². The number of rotatable bonds is 9. The molecule has 0 aromatic heterocycles. The molecule has 0 bridgehead atoms. The van der Waals surface area contributed by atoms with Crippen LogP contribution in [0.3, 0.4) is 0 Å². The van der Waals surface area contributed by atoms with Crippen LogP contribution in [0.1, 0.15) is 46.5 Å². The molecule has 0 rings (SSSR count). The second kappa shape index (κ2) is 8.53. The Hall–Kier alpha value is -0.610. The first-order valence-electron chi connectivity index (χ1n) is 6.20. The summed E-state index contributed by atoms with van der Waals surface area (Å²) in [5, 5.41) is 21.7. The molecule has 2 atom stereocenters. The van der Waals surface area contributed by atoms with E-state index in [2.05, 4.69) is 5.32 Å². The maximum absolute atomic E-state index is 10.9. The molecular weight excluding hydrogens is 206 g/mol. The summed E-state index contributed by atoms with van der Waals surface area (Å²) < 4.78 is 0. The summed E-state index contributed by atoms with van der Waals surface area (Å²) >= 11 is 0. The molecular formula is C12H25NO3. The lowest BCUT2D eigenvalue weighted by molar-refractivity contribution is -0.139. The van der Waals surface area contributed by atoms with E-state index in [1.54, 1.807) is 0 Å². The number of hydrogen-bond acceptors (Lipinski definition) is 3. The van der Waals surface area contributed by atoms with Crippen molar-refractivity contribution < 1.29 is 15.0 Å². The van der Waals surface area contributed by atoms with Crippen LogP contribution in [0.15, 0.2) is 0 Å². The summed E-state index contributed by atoms with van der Waals surface area (Å²) in [5.74, 6) is -0.581. The van der Waals surface area contributed by atoms with E-state index in [0.29, 0.717) is 13.0 Å². The van der Waals surface area contributed by atoms with Crippen molar-refractivity contribution in [1.29, 1.82) is 0 Å². The van der Waals surface area contributed by atoms with Gasteiger partial charge in [-0.05, 0) is 12.3 Å². The van der Waals surface area contributed by atoms with E-state index >= 15 is 0 Å². The van der Waals surface area contributed by atoms with Gasteiger partial charge in [0.2, 0.25) is 0 Å². The number of aliphatic hydroxyl groups excluding tert-OH is 1. The number of aliphatic carboxylic acids is 1. The third-order valence-electron chi connectivity index (χ3n) is 3.04. The predicted molar refractivity (Wildman–Crippen MR) is 64.4 cm³/mol. The van der Waals surface area contributed by atoms with Gasteiger partial charge in [0.15, 0.2) is 0 Å². The van der Waals surface area contributed by atoms with Crippen molar-refractivity contribution in [3.05, 3.63) is 0 Å². The van der Waals surface area contributed by atoms with Gasteiger partial charge < -0.3 is 15.5 Å². The van der Waals surface area contributed by atoms with E-state index in [0.717, 1.165) is 19.3 Å². The normalized spacial score (nSPS) is 15.1. The van der Waals surface area contributed by atoms with Crippen LogP contribution < -0.4 is 5.32 Å². The molecule has 0 aliphatic heterocycles. The van der Waals surface area contributed by atoms with Crippen LogP contribution in [-0.2, 0) is 4.79 Å². The third kappa shape index (κ3) is 5.47. The van der Waals surface area contributed by atoms with Crippen LogP contribution >= 0.6 is 0 Å². The van der Waals surface area contributed by atoms with Crippen LogP contribution in [0, 0.1) is 5.92 Å². The monoisotopic (exact) mass is 231 g/mol. The van der Waals surface area contributed by atoms with Crippen LogP contribution in [0.5, 0.6) is 0 Å². The minimum Gasteiger partial charge on any atom is -0.480 e. The second-order valence-corrected chi connectivity index (χ2v) is 4.23. The number of carbonyl (C=O) groups is 1. The van der Waals surface area contributed by atoms with Crippen molar-refractivity contribution in [2.45, 2.75) is 58.6 Å². The highest BCUT2D eigenvalue weighted by atomic mass is 16.4. The molecule has 0 aliphatic carbocycles. The lowest BCUT2D eigenvalue weighted by atomic mass is 9.96. The first kappa shape index (κ1) is 15.4. The molecule has 0 saturated heterocycles. The molecule has 16 heavy (non-hydrogen) atoms. The summed E-state index contributed by atoms with van der Waals surface area (Å²) in [4.78, 5) is 10.9. The molecule has 0 radical (unpaired) electrons. The number of aliphatic hydroxyl groups is 1. The fourth-order valence-corrected chi connectivity index (χ4v) is 1.86. The zero-order chi connectivity index (χ0) is 12.6. The van der Waals surface area contributed by atoms with Gasteiger partial charge in [-0.2, -0.15) is 0 Å². The summed E-state index contributed by atoms with van der Waals surface area (Å²) in [6.45, 7) is 6.40. The molecule has 0 saturated carbocycles. The Morgan fingerprint density at radius 1 is 1.25 bits per heavy atom. The van der Waals surface area contributed by atoms with Gasteiger partial charge in [0, 0.05) is 6.54 Å². The molecule has 0 aromatic rings. The van der Waals surface area contributed by atoms with Gasteiger partial charge in [0.1, 0.15) is 6.04 Å². The average molecular weight is 231 g/mol. The molecule has 4 heteroatoms. The standard InChI is InChI=1S/C12H25NO3/c1-4-7-10(12(15)16)13-8-11(14)9(5-2)6-3/h9-11,13-14H,4-8H2,1-3H3,(H,15,16). The molecule has 0 fully saturated rings. The molecule has 3 N–H and O–H groups in total. The molecule has 4 nitrogen and oxygen atoms in total. The zero-order valence-corrected chi connectivity index (χ0v) is 10.6. The first-order valence-corrected chi connectivity index (χ1v) is 6.20. The van der Waals surface area contributed by atoms with E-state index in [4.69, 9.17) is 5.11 Å². The van der Waals surface area contributed by atoms with Crippen LogP contribution in [-0.4, -0.2) is 34.9 Å². The van der Waals surface area contributed by atoms with Crippen molar-refractivity contribution in [3.63, 3.8) is 0 Å². The number of nitrogens with one attached hydrogen (secondary N) is 1. The third-order valence-corrected chi connectivity index (χ3v) is 3.04. The van der Waals surface area contributed by atoms with E-state index in [1.807, 2.05) is 20.8 Å². The minimum atomic E-state index is -0.835. The number of hydrogen-bond donors (Lipinski definition) is 3. The minimum absolute atomic E-state index is 0.253. The largest absolute Gasteiger partial charge is 0.480 e. The highest BCUT2D eigenvalue weighted by Gasteiger charge is 2.20. The first-order chi connectivity index (χ1) is 7.56. The Morgan fingerprint density at radius 2 is 1.81 bits per heavy atom. The van der Waals surface area contributed by atoms with E-state index < -0.39 is 18.1 Å². The lowest BCUT2D eigenvalue weighted by Crippen LogP contribution is -2.42. The SMILES string of the molecule is CCCC(NCC(O)C(CC)CC)C(=O)O. The summed E-state index contributed by atoms with van der Waals surface area (Å²) in [7, 11) is 0. The topological polar surface area (TPSA) is 69.6 Å². The van der Waals surface area contributed by atoms with E-state index in [9.17, 15) is 9.90 Å². The zero-order valence-electron chi connectivity index (χ0n) is 10.6. The molecule has 0 aliphatic rings. The Morgan fingerprint density at radius 3 is 2.19 bits per heavy atom. The highest BCUT2D eigenvalue weighted by molar-refractivity contribution is 5.73. The van der Waals surface area contributed by atoms with Crippen molar-refractivity contribution in [2.75, 3.05) is 6.54 Å². The Kier molecular flexibility index (Phi) is 8.21. The van der Waals surface area contributed by atoms with Gasteiger partial charge in [-0.3, -0.25) is 4.79 Å². The lowest BCUT2D eigenvalue weighted by Gasteiger charge is -2.22. The van der Waals surface area contributed by atoms with Crippen molar-refractivity contribution in [1.82, 2.24) is 5.32 Å². The molecule has 0 aromatic carbocycles. The summed E-state index contributed by atoms with van der Waals surface area (Å²) in [5.41, 5.74) is 0. The number of carboxylic acids is 1. The number of carboxylic acid groups (broad SMARTS) is 1. The van der Waals surface area contributed by atoms with Gasteiger partial charge in [-0.15, -0.1) is 0 Å². The maximum Gasteiger partial charge on any atom is 0.320 e. The summed E-state index contributed by atoms with van der Waals surface area (Å²) in [6, 6.07) is -0.533. The molecule has 0 heterocycles. The highest BCUT2D eigenvalue weighted by Crippen LogP contribution is 2.12. The van der Waals surface area contributed by atoms with Gasteiger partial charge >= 0.3 is 5.97 Å². The van der Waals surface area contributed by atoms with Crippen molar-refractivity contribution in [3.8, 4) is 0 Å². The predicted octanol–water partition coefficient (Wildman–Crippen LogP) is 1.63. The van der Waals surface area contributed by atoms with Crippen LogP contribution in [0.4, 0.5) is 0 Å². The molecule has 2 unspecified atom stereocenters. The van der Waals surface area contributed by atoms with Gasteiger partial charge in [0.05, 0.1) is 6.10 Å². The van der Waals surface area contributed by atoms with Gasteiger partial charge in [0.25, 0.3) is 0 Å². The Labute approximate surface area is 98.1 Å². The molecule has 96 valence electrons. The fraction of sp³-hybridized carbons (Fsp3) is 0.917. The summed E-state index contributed by atoms with van der Waals surface area (Å²) in [6.07, 6.45) is 2.82. The smallest absolute Gasteiger partial charge is 0.320 e. The quantitative estimate of drug-likeness (QED) is 0.564. The van der Waals surface area contributed by atoms with Gasteiger partial charge in [-0.25, -0.2) is 0 Å². The molecule has 0 amide bonds. The second-order valence-electron chi connectivity index (χ2n) is 4.23. The van der Waals surface area contributed by atoms with Crippen LogP contribution in [0.2, 0.25) is 0 Å². The van der Waals surface area contributed by atoms with Crippen molar-refractivity contribution >= 4 is 5.97 Å².